The number of H-pyrrole nitrogens is 1. The van der Waals surface area contributed by atoms with Gasteiger partial charge >= 0.3 is 0 Å². The summed E-state index contributed by atoms with van der Waals surface area (Å²) >= 11 is 7.28. The van der Waals surface area contributed by atoms with E-state index in [1.807, 2.05) is 0 Å². The zero-order valence-corrected chi connectivity index (χ0v) is 7.60. The highest BCUT2D eigenvalue weighted by Crippen LogP contribution is 2.16. The number of aromatic amines is 1. The predicted octanol–water partition coefficient (Wildman–Crippen LogP) is 0.610. The normalized spacial score (nSPS) is 9.80. The second kappa shape index (κ2) is 2.75. The zero-order valence-electron chi connectivity index (χ0n) is 4.69. The van der Waals surface area contributed by atoms with Gasteiger partial charge in [0, 0.05) is 0 Å². The summed E-state index contributed by atoms with van der Waals surface area (Å²) in [5, 5.41) is 5.75. The molecule has 0 aliphatic heterocycles. The first-order valence-corrected chi connectivity index (χ1v) is 3.77. The van der Waals surface area contributed by atoms with Crippen LogP contribution in [0, 0.1) is 3.57 Å². The highest BCUT2D eigenvalue weighted by atomic mass is 127. The van der Waals surface area contributed by atoms with E-state index in [4.69, 9.17) is 17.3 Å². The van der Waals surface area contributed by atoms with E-state index in [0.29, 0.717) is 3.57 Å². The van der Waals surface area contributed by atoms with Gasteiger partial charge in [-0.2, -0.15) is 5.10 Å². The van der Waals surface area contributed by atoms with Crippen LogP contribution in [0.5, 0.6) is 0 Å². The molecule has 54 valence electrons. The second-order valence-corrected chi connectivity index (χ2v) is 3.01. The number of halogens is 2. The molecule has 0 bridgehead atoms. The van der Waals surface area contributed by atoms with Crippen molar-refractivity contribution < 1.29 is 0 Å². The monoisotopic (exact) mass is 271 g/mol. The van der Waals surface area contributed by atoms with Gasteiger partial charge in [-0.25, -0.2) is 5.10 Å². The van der Waals surface area contributed by atoms with Crippen LogP contribution in [0.1, 0.15) is 0 Å². The van der Waals surface area contributed by atoms with Gasteiger partial charge < -0.3 is 5.73 Å². The standard InChI is InChI=1S/C4H3ClIN3O/c5-3-2(7)1(6)4(10)9-8-3/h(H3,7,9,10). The molecule has 0 aliphatic carbocycles. The lowest BCUT2D eigenvalue weighted by Gasteiger charge is -1.95. The van der Waals surface area contributed by atoms with Crippen molar-refractivity contribution in [2.45, 2.75) is 0 Å². The Balaban J connectivity index is 3.49. The second-order valence-electron chi connectivity index (χ2n) is 1.57. The molecule has 0 atom stereocenters. The maximum absolute atomic E-state index is 10.7. The molecule has 0 unspecified atom stereocenters. The molecule has 0 saturated heterocycles. The summed E-state index contributed by atoms with van der Waals surface area (Å²) in [6.07, 6.45) is 0. The van der Waals surface area contributed by atoms with Crippen molar-refractivity contribution in [1.29, 1.82) is 0 Å². The maximum atomic E-state index is 10.7. The Hall–Kier alpha value is -0.300. The van der Waals surface area contributed by atoms with Gasteiger partial charge in [0.05, 0.1) is 5.69 Å². The number of nitrogens with zero attached hydrogens (tertiary/aromatic N) is 1. The number of nitrogen functional groups attached to an aromatic ring is 1. The Bertz CT molecular complexity index is 310. The Morgan fingerprint density at radius 2 is 2.30 bits per heavy atom. The van der Waals surface area contributed by atoms with Crippen LogP contribution in [0.4, 0.5) is 5.69 Å². The summed E-state index contributed by atoms with van der Waals surface area (Å²) in [5.74, 6) is 0. The van der Waals surface area contributed by atoms with Gasteiger partial charge in [-0.05, 0) is 22.6 Å². The summed E-state index contributed by atoms with van der Waals surface area (Å²) in [7, 11) is 0. The van der Waals surface area contributed by atoms with E-state index < -0.39 is 0 Å². The number of aromatic nitrogens is 2. The van der Waals surface area contributed by atoms with Crippen molar-refractivity contribution >= 4 is 39.9 Å². The molecule has 0 aromatic carbocycles. The van der Waals surface area contributed by atoms with Crippen LogP contribution in [-0.2, 0) is 0 Å². The molecule has 3 N–H and O–H groups in total. The smallest absolute Gasteiger partial charge is 0.279 e. The molecule has 0 saturated carbocycles. The number of anilines is 1. The summed E-state index contributed by atoms with van der Waals surface area (Å²) in [6, 6.07) is 0. The first kappa shape index (κ1) is 7.80. The fourth-order valence-electron chi connectivity index (χ4n) is 0.422. The molecular formula is C4H3ClIN3O. The molecule has 1 aromatic heterocycles. The summed E-state index contributed by atoms with van der Waals surface area (Å²) in [6.45, 7) is 0. The molecule has 0 radical (unpaired) electrons. The fraction of sp³-hybridized carbons (Fsp3) is 0. The van der Waals surface area contributed by atoms with E-state index in [1.165, 1.54) is 0 Å². The molecule has 1 rings (SSSR count). The van der Waals surface area contributed by atoms with Crippen molar-refractivity contribution in [3.8, 4) is 0 Å². The van der Waals surface area contributed by atoms with Crippen LogP contribution < -0.4 is 11.3 Å². The first-order valence-electron chi connectivity index (χ1n) is 2.32. The van der Waals surface area contributed by atoms with Gasteiger partial charge in [-0.15, -0.1) is 0 Å². The maximum Gasteiger partial charge on any atom is 0.279 e. The Labute approximate surface area is 74.9 Å². The van der Waals surface area contributed by atoms with Gasteiger partial charge in [-0.3, -0.25) is 4.79 Å². The lowest BCUT2D eigenvalue weighted by atomic mass is 10.5. The van der Waals surface area contributed by atoms with Gasteiger partial charge in [0.15, 0.2) is 5.15 Å². The number of hydrogen-bond donors (Lipinski definition) is 2. The van der Waals surface area contributed by atoms with Crippen molar-refractivity contribution in [3.05, 3.63) is 19.1 Å². The SMILES string of the molecule is Nc1c(Cl)n[nH]c(=O)c1I. The average Bonchev–Trinajstić information content (AvgIpc) is 1.93. The quantitative estimate of drug-likeness (QED) is 0.679. The van der Waals surface area contributed by atoms with Crippen LogP contribution in [-0.4, -0.2) is 10.2 Å². The molecule has 1 heterocycles. The van der Waals surface area contributed by atoms with E-state index >= 15 is 0 Å². The third kappa shape index (κ3) is 1.24. The summed E-state index contributed by atoms with van der Waals surface area (Å²) < 4.78 is 0.373. The molecule has 1 aromatic rings. The Morgan fingerprint density at radius 1 is 1.70 bits per heavy atom. The third-order valence-electron chi connectivity index (χ3n) is 0.914. The largest absolute Gasteiger partial charge is 0.395 e. The third-order valence-corrected chi connectivity index (χ3v) is 2.27. The van der Waals surface area contributed by atoms with Crippen molar-refractivity contribution in [2.75, 3.05) is 5.73 Å². The molecule has 4 nitrogen and oxygen atoms in total. The van der Waals surface area contributed by atoms with Crippen molar-refractivity contribution in [2.24, 2.45) is 0 Å². The van der Waals surface area contributed by atoms with Crippen LogP contribution >= 0.6 is 34.2 Å². The number of rotatable bonds is 0. The average molecular weight is 271 g/mol. The van der Waals surface area contributed by atoms with E-state index in [9.17, 15) is 4.79 Å². The minimum atomic E-state index is -0.317. The molecule has 0 fully saturated rings. The zero-order chi connectivity index (χ0) is 7.72. The van der Waals surface area contributed by atoms with Crippen LogP contribution in [0.25, 0.3) is 0 Å². The molecule has 6 heteroatoms. The lowest BCUT2D eigenvalue weighted by molar-refractivity contribution is 0.982. The van der Waals surface area contributed by atoms with E-state index in [-0.39, 0.29) is 16.4 Å². The Kier molecular flexibility index (Phi) is 2.14. The topological polar surface area (TPSA) is 71.8 Å². The Morgan fingerprint density at radius 3 is 2.80 bits per heavy atom. The first-order chi connectivity index (χ1) is 4.63. The van der Waals surface area contributed by atoms with E-state index in [0.717, 1.165) is 0 Å². The van der Waals surface area contributed by atoms with Gasteiger partial charge in [0.1, 0.15) is 3.57 Å². The number of nitrogens with two attached hydrogens (primary N) is 1. The molecule has 0 amide bonds. The van der Waals surface area contributed by atoms with Crippen molar-refractivity contribution in [3.63, 3.8) is 0 Å². The minimum absolute atomic E-state index is 0.129. The van der Waals surface area contributed by atoms with Gasteiger partial charge in [-0.1, -0.05) is 11.6 Å². The highest BCUT2D eigenvalue weighted by molar-refractivity contribution is 14.1. The lowest BCUT2D eigenvalue weighted by Crippen LogP contribution is -2.14. The number of hydrogen-bond acceptors (Lipinski definition) is 3. The summed E-state index contributed by atoms with van der Waals surface area (Å²) in [4.78, 5) is 10.7. The van der Waals surface area contributed by atoms with E-state index in [1.54, 1.807) is 22.6 Å². The number of nitrogens with one attached hydrogen (secondary N) is 1. The van der Waals surface area contributed by atoms with Crippen LogP contribution in [0.15, 0.2) is 4.79 Å². The van der Waals surface area contributed by atoms with Gasteiger partial charge in [0.25, 0.3) is 5.56 Å². The van der Waals surface area contributed by atoms with Crippen LogP contribution in [0.3, 0.4) is 0 Å². The molecule has 0 spiro atoms. The fourth-order valence-corrected chi connectivity index (χ4v) is 1.09. The predicted molar refractivity (Wildman–Crippen MR) is 47.0 cm³/mol. The summed E-state index contributed by atoms with van der Waals surface area (Å²) in [5.41, 5.74) is 5.27. The van der Waals surface area contributed by atoms with Crippen molar-refractivity contribution in [1.82, 2.24) is 10.2 Å². The minimum Gasteiger partial charge on any atom is -0.395 e. The van der Waals surface area contributed by atoms with Crippen LogP contribution in [0.2, 0.25) is 5.15 Å². The molecular weight excluding hydrogens is 268 g/mol. The van der Waals surface area contributed by atoms with E-state index in [2.05, 4.69) is 10.2 Å². The molecule has 0 aliphatic rings. The molecule has 10 heavy (non-hydrogen) atoms. The van der Waals surface area contributed by atoms with Gasteiger partial charge in [0.2, 0.25) is 0 Å². The highest BCUT2D eigenvalue weighted by Gasteiger charge is 2.04.